The third-order valence-corrected chi connectivity index (χ3v) is 7.47. The van der Waals surface area contributed by atoms with Crippen LogP contribution in [-0.2, 0) is 54.8 Å². The van der Waals surface area contributed by atoms with Crippen LogP contribution in [0, 0.1) is 0 Å². The zero-order valence-corrected chi connectivity index (χ0v) is 25.7. The third kappa shape index (κ3) is 9.84. The molecule has 5 rings (SSSR count). The lowest BCUT2D eigenvalue weighted by Gasteiger charge is -2.45. The first-order valence-corrected chi connectivity index (χ1v) is 15.3. The van der Waals surface area contributed by atoms with Crippen LogP contribution in [0.25, 0.3) is 10.4 Å². The van der Waals surface area contributed by atoms with Crippen LogP contribution in [-0.4, -0.2) is 43.9 Å². The van der Waals surface area contributed by atoms with Gasteiger partial charge in [-0.25, -0.2) is 0 Å². The van der Waals surface area contributed by atoms with Crippen LogP contribution in [0.4, 0.5) is 5.69 Å². The molecule has 1 aliphatic rings. The number of ether oxygens (including phenoxy) is 6. The summed E-state index contributed by atoms with van der Waals surface area (Å²) in [6.45, 7) is 5.68. The summed E-state index contributed by atoms with van der Waals surface area (Å²) in [7, 11) is 0. The molecule has 5 atom stereocenters. The number of azide groups is 1. The Morgan fingerprint density at radius 1 is 0.630 bits per heavy atom. The summed E-state index contributed by atoms with van der Waals surface area (Å²) in [5, 5.41) is 3.66. The molecule has 0 saturated carbocycles. The molecule has 0 amide bonds. The van der Waals surface area contributed by atoms with E-state index in [0.29, 0.717) is 25.5 Å². The van der Waals surface area contributed by atoms with Crippen LogP contribution in [0.2, 0.25) is 0 Å². The minimum Gasteiger partial charge on any atom is -0.374 e. The van der Waals surface area contributed by atoms with E-state index in [0.717, 1.165) is 22.3 Å². The fourth-order valence-electron chi connectivity index (χ4n) is 5.18. The highest BCUT2D eigenvalue weighted by molar-refractivity contribution is 5.38. The Morgan fingerprint density at radius 2 is 1.13 bits per heavy atom. The molecule has 46 heavy (non-hydrogen) atoms. The van der Waals surface area contributed by atoms with Gasteiger partial charge >= 0.3 is 0 Å². The fraction of sp³-hybridized carbons (Fsp3) is 0.297. The van der Waals surface area contributed by atoms with Crippen molar-refractivity contribution in [2.45, 2.75) is 57.1 Å². The Labute approximate surface area is 269 Å². The van der Waals surface area contributed by atoms with E-state index in [4.69, 9.17) is 34.0 Å². The predicted molar refractivity (Wildman–Crippen MR) is 175 cm³/mol. The number of benzene rings is 4. The number of nitrogens with zero attached hydrogens (tertiary/aromatic N) is 3. The van der Waals surface area contributed by atoms with Crippen molar-refractivity contribution in [2.24, 2.45) is 5.11 Å². The Kier molecular flexibility index (Phi) is 12.9. The molecule has 0 radical (unpaired) electrons. The van der Waals surface area contributed by atoms with Crippen LogP contribution in [0.5, 0.6) is 0 Å². The second-order valence-corrected chi connectivity index (χ2v) is 10.8. The lowest BCUT2D eigenvalue weighted by Crippen LogP contribution is -2.61. The first-order chi connectivity index (χ1) is 22.7. The first-order valence-electron chi connectivity index (χ1n) is 15.3. The van der Waals surface area contributed by atoms with Gasteiger partial charge in [-0.3, -0.25) is 0 Å². The van der Waals surface area contributed by atoms with Gasteiger partial charge in [0.25, 0.3) is 0 Å². The summed E-state index contributed by atoms with van der Waals surface area (Å²) in [6, 6.07) is 37.2. The fourth-order valence-corrected chi connectivity index (χ4v) is 5.18. The van der Waals surface area contributed by atoms with Gasteiger partial charge in [-0.15, -0.1) is 6.58 Å². The van der Waals surface area contributed by atoms with Crippen molar-refractivity contribution in [1.82, 2.24) is 0 Å². The highest BCUT2D eigenvalue weighted by atomic mass is 16.7. The van der Waals surface area contributed by atoms with Crippen LogP contribution in [0.15, 0.2) is 133 Å². The van der Waals surface area contributed by atoms with Crippen molar-refractivity contribution in [1.29, 1.82) is 0 Å². The monoisotopic (exact) mass is 621 g/mol. The molecule has 0 bridgehead atoms. The number of hydrogen-bond acceptors (Lipinski definition) is 7. The molecule has 1 saturated heterocycles. The molecule has 0 spiro atoms. The van der Waals surface area contributed by atoms with Gasteiger partial charge in [0.05, 0.1) is 39.6 Å². The Morgan fingerprint density at radius 3 is 1.67 bits per heavy atom. The van der Waals surface area contributed by atoms with Gasteiger partial charge in [-0.05, 0) is 27.8 Å². The Balaban J connectivity index is 1.42. The molecule has 238 valence electrons. The molecular weight excluding hydrogens is 582 g/mol. The minimum atomic E-state index is -0.789. The highest BCUT2D eigenvalue weighted by Gasteiger charge is 2.49. The third-order valence-electron chi connectivity index (χ3n) is 7.47. The van der Waals surface area contributed by atoms with Crippen LogP contribution in [0.3, 0.4) is 0 Å². The molecule has 4 aromatic rings. The Hall–Kier alpha value is -4.31. The second-order valence-electron chi connectivity index (χ2n) is 10.8. The zero-order valence-electron chi connectivity index (χ0n) is 25.7. The van der Waals surface area contributed by atoms with Crippen LogP contribution >= 0.6 is 0 Å². The van der Waals surface area contributed by atoms with Crippen molar-refractivity contribution in [3.8, 4) is 0 Å². The molecule has 4 aromatic carbocycles. The molecule has 1 aliphatic heterocycles. The van der Waals surface area contributed by atoms with Gasteiger partial charge < -0.3 is 28.4 Å². The van der Waals surface area contributed by atoms with Crippen molar-refractivity contribution in [2.75, 3.05) is 13.2 Å². The van der Waals surface area contributed by atoms with Gasteiger partial charge in [-0.1, -0.05) is 126 Å². The van der Waals surface area contributed by atoms with Crippen molar-refractivity contribution in [3.63, 3.8) is 0 Å². The molecule has 0 N–H and O–H groups in total. The largest absolute Gasteiger partial charge is 0.374 e. The van der Waals surface area contributed by atoms with Gasteiger partial charge in [-0.2, -0.15) is 0 Å². The first kappa shape index (κ1) is 33.1. The molecule has 1 heterocycles. The van der Waals surface area contributed by atoms with E-state index in [2.05, 4.69) is 16.6 Å². The van der Waals surface area contributed by atoms with Crippen molar-refractivity contribution in [3.05, 3.63) is 161 Å². The zero-order chi connectivity index (χ0) is 31.8. The summed E-state index contributed by atoms with van der Waals surface area (Å²) < 4.78 is 38.8. The van der Waals surface area contributed by atoms with Crippen molar-refractivity contribution >= 4 is 5.69 Å². The second kappa shape index (κ2) is 18.0. The van der Waals surface area contributed by atoms with Gasteiger partial charge in [0.1, 0.15) is 24.4 Å². The lowest BCUT2D eigenvalue weighted by molar-refractivity contribution is -0.326. The summed E-state index contributed by atoms with van der Waals surface area (Å²) in [5.41, 5.74) is 13.3. The summed E-state index contributed by atoms with van der Waals surface area (Å²) in [6.07, 6.45) is -1.44. The van der Waals surface area contributed by atoms with Crippen LogP contribution < -0.4 is 0 Å². The maximum atomic E-state index is 8.76. The van der Waals surface area contributed by atoms with E-state index in [1.165, 1.54) is 0 Å². The van der Waals surface area contributed by atoms with E-state index in [1.807, 2.05) is 103 Å². The van der Waals surface area contributed by atoms with E-state index in [-0.39, 0.29) is 19.8 Å². The van der Waals surface area contributed by atoms with E-state index in [1.54, 1.807) is 18.2 Å². The maximum Gasteiger partial charge on any atom is 0.187 e. The van der Waals surface area contributed by atoms with Gasteiger partial charge in [0.2, 0.25) is 0 Å². The summed E-state index contributed by atoms with van der Waals surface area (Å²) in [5.74, 6) is 0. The molecule has 0 aliphatic carbocycles. The Bertz CT molecular complexity index is 1500. The molecule has 9 nitrogen and oxygen atoms in total. The lowest BCUT2D eigenvalue weighted by atomic mass is 9.97. The van der Waals surface area contributed by atoms with E-state index in [9.17, 15) is 0 Å². The van der Waals surface area contributed by atoms with Crippen molar-refractivity contribution < 1.29 is 28.4 Å². The summed E-state index contributed by atoms with van der Waals surface area (Å²) >= 11 is 0. The van der Waals surface area contributed by atoms with E-state index < -0.39 is 30.7 Å². The van der Waals surface area contributed by atoms with Gasteiger partial charge in [0, 0.05) is 10.6 Å². The molecule has 9 heteroatoms. The highest BCUT2D eigenvalue weighted by Crippen LogP contribution is 2.32. The molecule has 1 unspecified atom stereocenters. The number of rotatable bonds is 17. The van der Waals surface area contributed by atoms with Crippen LogP contribution in [0.1, 0.15) is 22.3 Å². The molecule has 1 fully saturated rings. The minimum absolute atomic E-state index is 0.240. The normalized spacial score (nSPS) is 20.9. The van der Waals surface area contributed by atoms with E-state index >= 15 is 0 Å². The predicted octanol–water partition coefficient (Wildman–Crippen LogP) is 7.83. The SMILES string of the molecule is C=CCOC1O[C@H](COCc2ccccc2)[C@@H](OCc2ccccc2)[C@H](OCc2ccccc2)[C@H]1OCc1ccc(N=[N+]=[N-])cc1. The standard InChI is InChI=1S/C37H39N3O6/c1-2-22-42-37-36(45-26-31-18-20-32(21-19-31)39-40-38)35(44-25-30-16-10-5-11-17-30)34(43-24-29-14-8-4-9-15-29)33(46-37)27-41-23-28-12-6-3-7-13-28/h2-21,33-37H,1,22-27H2/t33-,34-,35+,36-,37?/m1/s1. The maximum absolute atomic E-state index is 8.76. The molecular formula is C37H39N3O6. The smallest absolute Gasteiger partial charge is 0.187 e. The van der Waals surface area contributed by atoms with Gasteiger partial charge in [0.15, 0.2) is 6.29 Å². The number of hydrogen-bond donors (Lipinski definition) is 0. The average molecular weight is 622 g/mol. The quantitative estimate of drug-likeness (QED) is 0.0515. The molecule has 0 aromatic heterocycles. The summed E-state index contributed by atoms with van der Waals surface area (Å²) in [4.78, 5) is 2.85. The topological polar surface area (TPSA) is 104 Å². The average Bonchev–Trinajstić information content (AvgIpc) is 3.10.